The molecule has 2 rings (SSSR count). The highest BCUT2D eigenvalue weighted by Gasteiger charge is 2.17. The molecule has 0 amide bonds. The van der Waals surface area contributed by atoms with Gasteiger partial charge >= 0.3 is 0 Å². The molecule has 2 atom stereocenters. The van der Waals surface area contributed by atoms with Crippen molar-refractivity contribution < 1.29 is 14.2 Å². The molecule has 1 aromatic carbocycles. The highest BCUT2D eigenvalue weighted by atomic mass is 16.5. The average molecular weight is 251 g/mol. The van der Waals surface area contributed by atoms with E-state index in [1.165, 1.54) is 0 Å². The quantitative estimate of drug-likeness (QED) is 0.872. The van der Waals surface area contributed by atoms with Gasteiger partial charge in [0, 0.05) is 12.6 Å². The number of benzene rings is 1. The second-order valence-corrected chi connectivity index (χ2v) is 4.65. The van der Waals surface area contributed by atoms with Crippen LogP contribution in [0.5, 0.6) is 11.5 Å². The van der Waals surface area contributed by atoms with Crippen LogP contribution in [-0.4, -0.2) is 26.4 Å². The Morgan fingerprint density at radius 2 is 2.28 bits per heavy atom. The second kappa shape index (κ2) is 6.07. The average Bonchev–Trinajstić information content (AvgIpc) is 2.89. The molecule has 1 unspecified atom stereocenters. The van der Waals surface area contributed by atoms with E-state index < -0.39 is 0 Å². The second-order valence-electron chi connectivity index (χ2n) is 4.65. The molecule has 1 heterocycles. The van der Waals surface area contributed by atoms with Gasteiger partial charge in [0.1, 0.15) is 6.61 Å². The molecule has 0 saturated carbocycles. The van der Waals surface area contributed by atoms with Crippen LogP contribution in [0, 0.1) is 0 Å². The van der Waals surface area contributed by atoms with E-state index in [1.807, 2.05) is 25.1 Å². The smallest absolute Gasteiger partial charge is 0.161 e. The van der Waals surface area contributed by atoms with Crippen LogP contribution in [-0.2, 0) is 4.74 Å². The Morgan fingerprint density at radius 1 is 1.44 bits per heavy atom. The van der Waals surface area contributed by atoms with E-state index in [0.717, 1.165) is 36.5 Å². The molecule has 4 heteroatoms. The van der Waals surface area contributed by atoms with Gasteiger partial charge in [-0.3, -0.25) is 0 Å². The van der Waals surface area contributed by atoms with E-state index >= 15 is 0 Å². The molecule has 0 bridgehead atoms. The fourth-order valence-electron chi connectivity index (χ4n) is 2.05. The minimum absolute atomic E-state index is 0.00823. The van der Waals surface area contributed by atoms with Crippen molar-refractivity contribution in [2.24, 2.45) is 5.73 Å². The molecule has 1 fully saturated rings. The van der Waals surface area contributed by atoms with Crippen LogP contribution in [0.3, 0.4) is 0 Å². The Morgan fingerprint density at radius 3 is 2.89 bits per heavy atom. The molecule has 18 heavy (non-hydrogen) atoms. The lowest BCUT2D eigenvalue weighted by atomic mass is 10.1. The Hall–Kier alpha value is -1.26. The number of methoxy groups -OCH3 is 1. The van der Waals surface area contributed by atoms with Crippen LogP contribution in [0.25, 0.3) is 0 Å². The van der Waals surface area contributed by atoms with Gasteiger partial charge in [-0.1, -0.05) is 6.07 Å². The summed E-state index contributed by atoms with van der Waals surface area (Å²) in [5.74, 6) is 1.47. The first-order valence-corrected chi connectivity index (χ1v) is 6.38. The molecule has 0 radical (unpaired) electrons. The third-order valence-corrected chi connectivity index (χ3v) is 3.16. The summed E-state index contributed by atoms with van der Waals surface area (Å²) in [7, 11) is 1.64. The lowest BCUT2D eigenvalue weighted by molar-refractivity contribution is 0.0669. The Kier molecular flexibility index (Phi) is 4.44. The SMILES string of the molecule is COc1cc([C@H](C)N)ccc1OCC1CCCO1. The van der Waals surface area contributed by atoms with Crippen molar-refractivity contribution in [3.05, 3.63) is 23.8 Å². The van der Waals surface area contributed by atoms with E-state index in [-0.39, 0.29) is 12.1 Å². The third-order valence-electron chi connectivity index (χ3n) is 3.16. The summed E-state index contributed by atoms with van der Waals surface area (Å²) in [4.78, 5) is 0. The number of nitrogens with two attached hydrogens (primary N) is 1. The lowest BCUT2D eigenvalue weighted by Gasteiger charge is -2.15. The summed E-state index contributed by atoms with van der Waals surface area (Å²) < 4.78 is 16.6. The summed E-state index contributed by atoms with van der Waals surface area (Å²) in [5, 5.41) is 0. The molecule has 0 spiro atoms. The van der Waals surface area contributed by atoms with Crippen LogP contribution in [0.15, 0.2) is 18.2 Å². The van der Waals surface area contributed by atoms with Gasteiger partial charge in [-0.2, -0.15) is 0 Å². The molecular weight excluding hydrogens is 230 g/mol. The van der Waals surface area contributed by atoms with Crippen LogP contribution in [0.2, 0.25) is 0 Å². The molecule has 4 nitrogen and oxygen atoms in total. The molecular formula is C14H21NO3. The van der Waals surface area contributed by atoms with Crippen LogP contribution in [0.1, 0.15) is 31.4 Å². The minimum atomic E-state index is -0.00823. The molecule has 2 N–H and O–H groups in total. The minimum Gasteiger partial charge on any atom is -0.493 e. The van der Waals surface area contributed by atoms with Crippen molar-refractivity contribution in [1.82, 2.24) is 0 Å². The van der Waals surface area contributed by atoms with Gasteiger partial charge in [0.25, 0.3) is 0 Å². The van der Waals surface area contributed by atoms with Crippen molar-refractivity contribution in [2.75, 3.05) is 20.3 Å². The fraction of sp³-hybridized carbons (Fsp3) is 0.571. The number of rotatable bonds is 5. The zero-order valence-electron chi connectivity index (χ0n) is 11.0. The number of hydrogen-bond donors (Lipinski definition) is 1. The van der Waals surface area contributed by atoms with E-state index in [2.05, 4.69) is 0 Å². The van der Waals surface area contributed by atoms with Gasteiger partial charge in [-0.05, 0) is 37.5 Å². The first-order valence-electron chi connectivity index (χ1n) is 6.38. The maximum Gasteiger partial charge on any atom is 0.161 e. The van der Waals surface area contributed by atoms with Gasteiger partial charge in [-0.15, -0.1) is 0 Å². The molecule has 1 saturated heterocycles. The molecule has 1 aliphatic heterocycles. The zero-order chi connectivity index (χ0) is 13.0. The Balaban J connectivity index is 2.02. The van der Waals surface area contributed by atoms with Crippen molar-refractivity contribution in [3.63, 3.8) is 0 Å². The Labute approximate surface area is 108 Å². The first-order chi connectivity index (χ1) is 8.70. The maximum atomic E-state index is 5.84. The standard InChI is InChI=1S/C14H21NO3/c1-10(15)11-5-6-13(14(8-11)16-2)18-9-12-4-3-7-17-12/h5-6,8,10,12H,3-4,7,9,15H2,1-2H3/t10-,12?/m0/s1. The fourth-order valence-corrected chi connectivity index (χ4v) is 2.05. The lowest BCUT2D eigenvalue weighted by Crippen LogP contribution is -2.16. The van der Waals surface area contributed by atoms with Crippen LogP contribution >= 0.6 is 0 Å². The van der Waals surface area contributed by atoms with Gasteiger partial charge in [-0.25, -0.2) is 0 Å². The molecule has 1 aromatic rings. The largest absolute Gasteiger partial charge is 0.493 e. The Bertz CT molecular complexity index is 387. The van der Waals surface area contributed by atoms with Crippen LogP contribution in [0.4, 0.5) is 0 Å². The van der Waals surface area contributed by atoms with E-state index in [0.29, 0.717) is 6.61 Å². The van der Waals surface area contributed by atoms with Gasteiger partial charge in [0.15, 0.2) is 11.5 Å². The summed E-state index contributed by atoms with van der Waals surface area (Å²) in [6.07, 6.45) is 2.40. The summed E-state index contributed by atoms with van der Waals surface area (Å²) in [5.41, 5.74) is 6.88. The first kappa shape index (κ1) is 13.2. The predicted octanol–water partition coefficient (Wildman–Crippen LogP) is 2.27. The highest BCUT2D eigenvalue weighted by molar-refractivity contribution is 5.43. The third kappa shape index (κ3) is 3.15. The molecule has 0 aromatic heterocycles. The predicted molar refractivity (Wildman–Crippen MR) is 70.1 cm³/mol. The summed E-state index contributed by atoms with van der Waals surface area (Å²) in [6, 6.07) is 5.80. The normalized spacial score (nSPS) is 20.7. The molecule has 1 aliphatic rings. The highest BCUT2D eigenvalue weighted by Crippen LogP contribution is 2.30. The van der Waals surface area contributed by atoms with Crippen molar-refractivity contribution in [2.45, 2.75) is 31.9 Å². The summed E-state index contributed by atoms with van der Waals surface area (Å²) in [6.45, 7) is 3.37. The van der Waals surface area contributed by atoms with E-state index in [4.69, 9.17) is 19.9 Å². The molecule has 0 aliphatic carbocycles. The summed E-state index contributed by atoms with van der Waals surface area (Å²) >= 11 is 0. The van der Waals surface area contributed by atoms with Crippen molar-refractivity contribution in [3.8, 4) is 11.5 Å². The van der Waals surface area contributed by atoms with Gasteiger partial charge in [0.05, 0.1) is 13.2 Å². The van der Waals surface area contributed by atoms with Crippen molar-refractivity contribution in [1.29, 1.82) is 0 Å². The number of hydrogen-bond acceptors (Lipinski definition) is 4. The van der Waals surface area contributed by atoms with Gasteiger partial charge in [0.2, 0.25) is 0 Å². The van der Waals surface area contributed by atoms with E-state index in [1.54, 1.807) is 7.11 Å². The van der Waals surface area contributed by atoms with E-state index in [9.17, 15) is 0 Å². The number of ether oxygens (including phenoxy) is 3. The monoisotopic (exact) mass is 251 g/mol. The van der Waals surface area contributed by atoms with Crippen LogP contribution < -0.4 is 15.2 Å². The van der Waals surface area contributed by atoms with Gasteiger partial charge < -0.3 is 19.9 Å². The zero-order valence-corrected chi connectivity index (χ0v) is 11.0. The van der Waals surface area contributed by atoms with Crippen molar-refractivity contribution >= 4 is 0 Å². The maximum absolute atomic E-state index is 5.84. The topological polar surface area (TPSA) is 53.7 Å². The molecule has 100 valence electrons.